The Balaban J connectivity index is 1.81. The number of carbonyl (C=O) groups is 1. The van der Waals surface area contributed by atoms with Crippen LogP contribution in [0.1, 0.15) is 0 Å². The lowest BCUT2D eigenvalue weighted by Crippen LogP contribution is -2.28. The van der Waals surface area contributed by atoms with Gasteiger partial charge in [0.1, 0.15) is 0 Å². The maximum Gasteiger partial charge on any atom is 0.338 e. The minimum atomic E-state index is -0.522. The van der Waals surface area contributed by atoms with Gasteiger partial charge in [-0.15, -0.1) is 0 Å². The van der Waals surface area contributed by atoms with Crippen LogP contribution in [0.4, 0.5) is 10.5 Å². The number of anilines is 1. The third-order valence-electron chi connectivity index (χ3n) is 3.17. The van der Waals surface area contributed by atoms with Crippen LogP contribution in [0.25, 0.3) is 11.4 Å². The fourth-order valence-corrected chi connectivity index (χ4v) is 2.63. The van der Waals surface area contributed by atoms with Crippen molar-refractivity contribution in [2.45, 2.75) is 0 Å². The molecule has 1 aromatic heterocycles. The Morgan fingerprint density at radius 3 is 2.48 bits per heavy atom. The van der Waals surface area contributed by atoms with E-state index in [9.17, 15) is 4.79 Å². The molecule has 0 bridgehead atoms. The van der Waals surface area contributed by atoms with E-state index in [1.807, 2.05) is 0 Å². The Morgan fingerprint density at radius 1 is 1.08 bits per heavy atom. The minimum absolute atomic E-state index is 0.231. The van der Waals surface area contributed by atoms with Gasteiger partial charge in [0.25, 0.3) is 0 Å². The summed E-state index contributed by atoms with van der Waals surface area (Å²) in [6.07, 6.45) is 0. The van der Waals surface area contributed by atoms with E-state index in [1.165, 1.54) is 10.7 Å². The summed E-state index contributed by atoms with van der Waals surface area (Å²) in [5.74, 6) is 0.436. The van der Waals surface area contributed by atoms with Crippen molar-refractivity contribution in [1.29, 1.82) is 0 Å². The zero-order chi connectivity index (χ0) is 18.0. The van der Waals surface area contributed by atoms with Gasteiger partial charge in [-0.05, 0) is 54.7 Å². The Kier molecular flexibility index (Phi) is 5.29. The second-order valence-corrected chi connectivity index (χ2v) is 6.53. The highest BCUT2D eigenvalue weighted by atomic mass is 35.5. The highest BCUT2D eigenvalue weighted by molar-refractivity contribution is 7.71. The van der Waals surface area contributed by atoms with Crippen LogP contribution in [-0.2, 0) is 0 Å². The van der Waals surface area contributed by atoms with Gasteiger partial charge in [0.15, 0.2) is 5.82 Å². The molecule has 25 heavy (non-hydrogen) atoms. The molecule has 0 fully saturated rings. The summed E-state index contributed by atoms with van der Waals surface area (Å²) in [4.78, 5) is 12.2. The van der Waals surface area contributed by atoms with Crippen molar-refractivity contribution in [2.24, 2.45) is 0 Å². The second-order valence-electron chi connectivity index (χ2n) is 4.89. The van der Waals surface area contributed by atoms with E-state index in [-0.39, 0.29) is 4.77 Å². The summed E-state index contributed by atoms with van der Waals surface area (Å²) < 4.78 is 1.58. The number of halogens is 3. The first-order valence-electron chi connectivity index (χ1n) is 6.90. The fraction of sp³-hybridized carbons (Fsp3) is 0. The van der Waals surface area contributed by atoms with Crippen molar-refractivity contribution >= 4 is 58.7 Å². The number of nitrogens with one attached hydrogen (secondary N) is 3. The van der Waals surface area contributed by atoms with E-state index in [0.29, 0.717) is 26.6 Å². The average Bonchev–Trinajstić information content (AvgIpc) is 2.93. The molecule has 0 unspecified atom stereocenters. The number of aromatic nitrogens is 3. The molecular weight excluding hydrogens is 405 g/mol. The van der Waals surface area contributed by atoms with Gasteiger partial charge < -0.3 is 5.32 Å². The molecule has 0 radical (unpaired) electrons. The monoisotopic (exact) mass is 413 g/mol. The minimum Gasteiger partial charge on any atom is -0.307 e. The standard InChI is InChI=1S/C15H10Cl3N5OS/c16-9-3-1-8(2-4-9)13-20-21-15(25)23(13)22-14(24)19-10-5-6-11(17)12(18)7-10/h1-7H,(H,21,25)(H2,19,22,24). The van der Waals surface area contributed by atoms with Crippen LogP contribution in [0.2, 0.25) is 15.1 Å². The molecule has 0 aliphatic carbocycles. The maximum atomic E-state index is 12.2. The summed E-state index contributed by atoms with van der Waals surface area (Å²) in [6, 6.07) is 11.2. The summed E-state index contributed by atoms with van der Waals surface area (Å²) >= 11 is 22.8. The molecule has 2 amide bonds. The van der Waals surface area contributed by atoms with Gasteiger partial charge in [-0.1, -0.05) is 34.8 Å². The molecule has 3 rings (SSSR count). The van der Waals surface area contributed by atoms with Crippen molar-refractivity contribution in [2.75, 3.05) is 10.7 Å². The number of carbonyl (C=O) groups excluding carboxylic acids is 1. The third-order valence-corrected chi connectivity index (χ3v) is 4.43. The normalized spacial score (nSPS) is 10.5. The van der Waals surface area contributed by atoms with Crippen LogP contribution >= 0.6 is 47.0 Å². The number of benzene rings is 2. The molecule has 0 aliphatic rings. The van der Waals surface area contributed by atoms with Gasteiger partial charge in [0.05, 0.1) is 10.0 Å². The lowest BCUT2D eigenvalue weighted by Gasteiger charge is -2.11. The molecule has 0 atom stereocenters. The fourth-order valence-electron chi connectivity index (χ4n) is 2.03. The van der Waals surface area contributed by atoms with E-state index in [1.54, 1.807) is 36.4 Å². The predicted molar refractivity (Wildman–Crippen MR) is 103 cm³/mol. The van der Waals surface area contributed by atoms with E-state index in [0.717, 1.165) is 5.56 Å². The van der Waals surface area contributed by atoms with Crippen molar-refractivity contribution in [3.8, 4) is 11.4 Å². The number of aromatic amines is 1. The number of H-pyrrole nitrogens is 1. The molecule has 2 aromatic carbocycles. The highest BCUT2D eigenvalue weighted by Crippen LogP contribution is 2.25. The average molecular weight is 415 g/mol. The molecule has 0 aliphatic heterocycles. The number of nitrogens with zero attached hydrogens (tertiary/aromatic N) is 2. The predicted octanol–water partition coefficient (Wildman–Crippen LogP) is 5.34. The highest BCUT2D eigenvalue weighted by Gasteiger charge is 2.12. The smallest absolute Gasteiger partial charge is 0.307 e. The van der Waals surface area contributed by atoms with Crippen molar-refractivity contribution < 1.29 is 4.79 Å². The number of hydrogen-bond acceptors (Lipinski definition) is 3. The zero-order valence-electron chi connectivity index (χ0n) is 12.4. The molecular formula is C15H10Cl3N5OS. The van der Waals surface area contributed by atoms with Crippen LogP contribution in [0, 0.1) is 4.77 Å². The van der Waals surface area contributed by atoms with Gasteiger partial charge in [-0.2, -0.15) is 5.10 Å². The first-order valence-corrected chi connectivity index (χ1v) is 8.44. The van der Waals surface area contributed by atoms with E-state index < -0.39 is 6.03 Å². The SMILES string of the molecule is O=C(Nc1ccc(Cl)c(Cl)c1)Nn1c(-c2ccc(Cl)cc2)n[nH]c1=S. The maximum absolute atomic E-state index is 12.2. The lowest BCUT2D eigenvalue weighted by atomic mass is 10.2. The van der Waals surface area contributed by atoms with E-state index >= 15 is 0 Å². The Hall–Kier alpha value is -2.06. The van der Waals surface area contributed by atoms with E-state index in [4.69, 9.17) is 47.0 Å². The largest absolute Gasteiger partial charge is 0.338 e. The van der Waals surface area contributed by atoms with Gasteiger partial charge >= 0.3 is 6.03 Å². The molecule has 10 heteroatoms. The summed E-state index contributed by atoms with van der Waals surface area (Å²) in [5.41, 5.74) is 3.82. The quantitative estimate of drug-likeness (QED) is 0.506. The van der Waals surface area contributed by atoms with Crippen LogP contribution < -0.4 is 10.7 Å². The molecule has 0 spiro atoms. The van der Waals surface area contributed by atoms with Crippen LogP contribution in [-0.4, -0.2) is 20.9 Å². The third kappa shape index (κ3) is 4.13. The van der Waals surface area contributed by atoms with E-state index in [2.05, 4.69) is 20.9 Å². The number of amides is 2. The molecule has 128 valence electrons. The van der Waals surface area contributed by atoms with Crippen LogP contribution in [0.15, 0.2) is 42.5 Å². The molecule has 6 nitrogen and oxygen atoms in total. The number of hydrogen-bond donors (Lipinski definition) is 3. The van der Waals surface area contributed by atoms with Crippen molar-refractivity contribution in [3.63, 3.8) is 0 Å². The zero-order valence-corrected chi connectivity index (χ0v) is 15.5. The van der Waals surface area contributed by atoms with Gasteiger partial charge in [0, 0.05) is 16.3 Å². The Labute approximate surface area is 162 Å². The van der Waals surface area contributed by atoms with Crippen molar-refractivity contribution in [3.05, 3.63) is 62.3 Å². The topological polar surface area (TPSA) is 74.7 Å². The second kappa shape index (κ2) is 7.45. The molecule has 3 aromatic rings. The first-order chi connectivity index (χ1) is 11.9. The Bertz CT molecular complexity index is 984. The van der Waals surface area contributed by atoms with Crippen molar-refractivity contribution in [1.82, 2.24) is 14.9 Å². The van der Waals surface area contributed by atoms with Gasteiger partial charge in [-0.3, -0.25) is 0 Å². The van der Waals surface area contributed by atoms with Gasteiger partial charge in [-0.25, -0.2) is 20.0 Å². The molecule has 0 saturated carbocycles. The van der Waals surface area contributed by atoms with Gasteiger partial charge in [0.2, 0.25) is 4.77 Å². The lowest BCUT2D eigenvalue weighted by molar-refractivity contribution is 0.259. The number of rotatable bonds is 3. The summed E-state index contributed by atoms with van der Waals surface area (Å²) in [5, 5.41) is 10.7. The van der Waals surface area contributed by atoms with Crippen LogP contribution in [0.5, 0.6) is 0 Å². The number of urea groups is 1. The molecule has 1 heterocycles. The molecule has 3 N–H and O–H groups in total. The Morgan fingerprint density at radius 2 is 1.80 bits per heavy atom. The molecule has 0 saturated heterocycles. The first kappa shape index (κ1) is 17.8. The summed E-state index contributed by atoms with van der Waals surface area (Å²) in [6.45, 7) is 0. The summed E-state index contributed by atoms with van der Waals surface area (Å²) in [7, 11) is 0. The van der Waals surface area contributed by atoms with Crippen LogP contribution in [0.3, 0.4) is 0 Å².